The van der Waals surface area contributed by atoms with E-state index in [1.807, 2.05) is 42.5 Å². The van der Waals surface area contributed by atoms with Gasteiger partial charge in [0.25, 0.3) is 0 Å². The zero-order valence-electron chi connectivity index (χ0n) is 16.2. The molecule has 4 rings (SSSR count). The van der Waals surface area contributed by atoms with E-state index in [1.54, 1.807) is 16.8 Å². The van der Waals surface area contributed by atoms with E-state index in [2.05, 4.69) is 22.9 Å². The van der Waals surface area contributed by atoms with Gasteiger partial charge in [-0.05, 0) is 22.9 Å². The van der Waals surface area contributed by atoms with Crippen LogP contribution in [0.2, 0.25) is 0 Å². The average Bonchev–Trinajstić information content (AvgIpc) is 3.08. The summed E-state index contributed by atoms with van der Waals surface area (Å²) in [6.45, 7) is 2.59. The smallest absolute Gasteiger partial charge is 0.308 e. The average molecular weight is 419 g/mol. The number of esters is 2. The molecule has 0 aliphatic rings. The molecule has 0 aliphatic heterocycles. The van der Waals surface area contributed by atoms with E-state index in [9.17, 15) is 9.59 Å². The largest absolute Gasteiger partial charge is 0.427 e. The number of hydrogen-bond donors (Lipinski definition) is 1. The van der Waals surface area contributed by atoms with E-state index in [-0.39, 0.29) is 11.5 Å². The van der Waals surface area contributed by atoms with Gasteiger partial charge in [-0.3, -0.25) is 9.59 Å². The van der Waals surface area contributed by atoms with Crippen LogP contribution in [0.5, 0.6) is 11.5 Å². The van der Waals surface area contributed by atoms with Crippen molar-refractivity contribution in [3.8, 4) is 28.4 Å². The third kappa shape index (κ3) is 3.77. The van der Waals surface area contributed by atoms with Crippen molar-refractivity contribution in [1.82, 2.24) is 15.0 Å². The van der Waals surface area contributed by atoms with E-state index in [0.29, 0.717) is 16.4 Å². The standard InChI is InChI=1S/C22H17N3O4S/c1-13(26)28-16-10-11-19(20(12-16)29-14(2)27)25-21(22(30)23-24-25)18-9-5-7-15-6-3-4-8-17(15)18/h3-12,30H,1-2H3. The molecule has 0 N–H and O–H groups in total. The predicted octanol–water partition coefficient (Wildman–Crippen LogP) is 4.23. The summed E-state index contributed by atoms with van der Waals surface area (Å²) in [5, 5.41) is 10.8. The summed E-state index contributed by atoms with van der Waals surface area (Å²) in [6, 6.07) is 18.6. The van der Waals surface area contributed by atoms with Crippen molar-refractivity contribution in [2.75, 3.05) is 0 Å². The van der Waals surface area contributed by atoms with Crippen molar-refractivity contribution < 1.29 is 19.1 Å². The fraction of sp³-hybridized carbons (Fsp3) is 0.0909. The quantitative estimate of drug-likeness (QED) is 0.303. The molecule has 1 heterocycles. The number of nitrogens with zero attached hydrogens (tertiary/aromatic N) is 3. The number of ether oxygens (including phenoxy) is 2. The number of thiol groups is 1. The molecular formula is C22H17N3O4S. The fourth-order valence-corrected chi connectivity index (χ4v) is 3.50. The minimum Gasteiger partial charge on any atom is -0.427 e. The molecule has 0 spiro atoms. The van der Waals surface area contributed by atoms with E-state index < -0.39 is 11.9 Å². The Morgan fingerprint density at radius 1 is 0.933 bits per heavy atom. The van der Waals surface area contributed by atoms with Crippen molar-refractivity contribution in [3.05, 3.63) is 60.7 Å². The number of carbonyl (C=O) groups is 2. The molecule has 0 bridgehead atoms. The second kappa shape index (κ2) is 8.00. The highest BCUT2D eigenvalue weighted by Crippen LogP contribution is 2.36. The molecule has 4 aromatic rings. The Morgan fingerprint density at radius 3 is 2.43 bits per heavy atom. The Labute approximate surface area is 177 Å². The zero-order valence-corrected chi connectivity index (χ0v) is 17.1. The van der Waals surface area contributed by atoms with Gasteiger partial charge in [-0.25, -0.2) is 4.68 Å². The Bertz CT molecular complexity index is 1280. The van der Waals surface area contributed by atoms with Crippen LogP contribution in [0.15, 0.2) is 65.7 Å². The number of benzene rings is 3. The minimum atomic E-state index is -0.519. The number of rotatable bonds is 4. The first-order chi connectivity index (χ1) is 14.4. The van der Waals surface area contributed by atoms with Gasteiger partial charge in [-0.15, -0.1) is 17.7 Å². The predicted molar refractivity (Wildman–Crippen MR) is 114 cm³/mol. The molecule has 0 atom stereocenters. The van der Waals surface area contributed by atoms with Gasteiger partial charge in [-0.2, -0.15) is 0 Å². The van der Waals surface area contributed by atoms with Crippen molar-refractivity contribution in [2.45, 2.75) is 18.9 Å². The van der Waals surface area contributed by atoms with Gasteiger partial charge in [0, 0.05) is 25.5 Å². The van der Waals surface area contributed by atoms with Gasteiger partial charge in [0.05, 0.1) is 0 Å². The second-order valence-corrected chi connectivity index (χ2v) is 6.94. The first-order valence-corrected chi connectivity index (χ1v) is 9.53. The highest BCUT2D eigenvalue weighted by atomic mass is 32.1. The molecule has 30 heavy (non-hydrogen) atoms. The lowest BCUT2D eigenvalue weighted by atomic mass is 10.0. The Hall–Kier alpha value is -3.65. The molecule has 1 aromatic heterocycles. The first-order valence-electron chi connectivity index (χ1n) is 9.08. The fourth-order valence-electron chi connectivity index (χ4n) is 3.24. The van der Waals surface area contributed by atoms with Crippen LogP contribution in [0.25, 0.3) is 27.7 Å². The molecule has 0 aliphatic carbocycles. The lowest BCUT2D eigenvalue weighted by Gasteiger charge is -2.14. The van der Waals surface area contributed by atoms with Crippen LogP contribution in [0.4, 0.5) is 0 Å². The van der Waals surface area contributed by atoms with Gasteiger partial charge < -0.3 is 9.47 Å². The number of hydrogen-bond acceptors (Lipinski definition) is 7. The molecular weight excluding hydrogens is 402 g/mol. The van der Waals surface area contributed by atoms with Gasteiger partial charge in [-0.1, -0.05) is 47.7 Å². The Kier molecular flexibility index (Phi) is 5.24. The lowest BCUT2D eigenvalue weighted by Crippen LogP contribution is -2.09. The highest BCUT2D eigenvalue weighted by molar-refractivity contribution is 7.80. The summed E-state index contributed by atoms with van der Waals surface area (Å²) < 4.78 is 12.0. The second-order valence-electron chi connectivity index (χ2n) is 6.52. The molecule has 0 amide bonds. The SMILES string of the molecule is CC(=O)Oc1ccc(-n2nnc(S)c2-c2cccc3ccccc23)c(OC(C)=O)c1. The Balaban J connectivity index is 1.93. The van der Waals surface area contributed by atoms with E-state index in [1.165, 1.54) is 19.9 Å². The van der Waals surface area contributed by atoms with Crippen LogP contribution in [0, 0.1) is 0 Å². The number of aromatic nitrogens is 3. The summed E-state index contributed by atoms with van der Waals surface area (Å²) in [7, 11) is 0. The van der Waals surface area contributed by atoms with Crippen LogP contribution in [0.1, 0.15) is 13.8 Å². The Morgan fingerprint density at radius 2 is 1.67 bits per heavy atom. The van der Waals surface area contributed by atoms with Crippen molar-refractivity contribution in [3.63, 3.8) is 0 Å². The summed E-state index contributed by atoms with van der Waals surface area (Å²) in [6.07, 6.45) is 0. The zero-order chi connectivity index (χ0) is 21.3. The summed E-state index contributed by atoms with van der Waals surface area (Å²) >= 11 is 4.50. The molecule has 3 aromatic carbocycles. The van der Waals surface area contributed by atoms with Crippen LogP contribution < -0.4 is 9.47 Å². The summed E-state index contributed by atoms with van der Waals surface area (Å²) in [4.78, 5) is 23.0. The van der Waals surface area contributed by atoms with Crippen molar-refractivity contribution >= 4 is 35.3 Å². The maximum absolute atomic E-state index is 11.7. The van der Waals surface area contributed by atoms with E-state index in [4.69, 9.17) is 9.47 Å². The topological polar surface area (TPSA) is 83.3 Å². The molecule has 0 unspecified atom stereocenters. The third-order valence-electron chi connectivity index (χ3n) is 4.37. The molecule has 7 nitrogen and oxygen atoms in total. The van der Waals surface area contributed by atoms with Gasteiger partial charge >= 0.3 is 11.9 Å². The summed E-state index contributed by atoms with van der Waals surface area (Å²) in [5.41, 5.74) is 1.97. The molecule has 0 saturated heterocycles. The van der Waals surface area contributed by atoms with Crippen LogP contribution in [0.3, 0.4) is 0 Å². The van der Waals surface area contributed by atoms with Gasteiger partial charge in [0.1, 0.15) is 22.2 Å². The first kappa shape index (κ1) is 19.7. The van der Waals surface area contributed by atoms with Gasteiger partial charge in [0.15, 0.2) is 5.75 Å². The third-order valence-corrected chi connectivity index (χ3v) is 4.67. The molecule has 0 radical (unpaired) electrons. The van der Waals surface area contributed by atoms with Crippen molar-refractivity contribution in [2.24, 2.45) is 0 Å². The number of carbonyl (C=O) groups excluding carboxylic acids is 2. The highest BCUT2D eigenvalue weighted by Gasteiger charge is 2.20. The molecule has 0 saturated carbocycles. The monoisotopic (exact) mass is 419 g/mol. The van der Waals surface area contributed by atoms with Crippen LogP contribution >= 0.6 is 12.6 Å². The van der Waals surface area contributed by atoms with Crippen molar-refractivity contribution in [1.29, 1.82) is 0 Å². The summed E-state index contributed by atoms with van der Waals surface area (Å²) in [5.74, 6) is -0.568. The maximum atomic E-state index is 11.7. The minimum absolute atomic E-state index is 0.181. The van der Waals surface area contributed by atoms with Gasteiger partial charge in [0.2, 0.25) is 0 Å². The maximum Gasteiger partial charge on any atom is 0.308 e. The lowest BCUT2D eigenvalue weighted by molar-refractivity contribution is -0.132. The molecule has 8 heteroatoms. The molecule has 150 valence electrons. The van der Waals surface area contributed by atoms with Crippen LogP contribution in [-0.4, -0.2) is 26.9 Å². The number of fused-ring (bicyclic) bond motifs is 1. The van der Waals surface area contributed by atoms with E-state index >= 15 is 0 Å². The van der Waals surface area contributed by atoms with E-state index in [0.717, 1.165) is 16.3 Å². The van der Waals surface area contributed by atoms with Crippen LogP contribution in [-0.2, 0) is 9.59 Å². The molecule has 0 fully saturated rings. The normalized spacial score (nSPS) is 10.8.